The van der Waals surface area contributed by atoms with Gasteiger partial charge in [0.05, 0.1) is 0 Å². The number of nitrogens with one attached hydrogen (secondary N) is 1. The van der Waals surface area contributed by atoms with Crippen molar-refractivity contribution in [3.8, 4) is 0 Å². The summed E-state index contributed by atoms with van der Waals surface area (Å²) in [5.74, 6) is 0.902. The van der Waals surface area contributed by atoms with Crippen molar-refractivity contribution >= 4 is 5.95 Å². The number of aryl methyl sites for hydroxylation is 2. The van der Waals surface area contributed by atoms with E-state index >= 15 is 0 Å². The zero-order valence-electron chi connectivity index (χ0n) is 14.1. The molecule has 0 amide bonds. The second-order valence-corrected chi connectivity index (χ2v) is 6.32. The largest absolute Gasteiger partial charge is 0.338 e. The average molecular weight is 291 g/mol. The average Bonchev–Trinajstić information content (AvgIpc) is 2.42. The van der Waals surface area contributed by atoms with Gasteiger partial charge in [-0.25, -0.2) is 9.97 Å². The Bertz CT molecular complexity index is 441. The molecule has 0 aliphatic carbocycles. The summed E-state index contributed by atoms with van der Waals surface area (Å²) in [5, 5.41) is 3.46. The van der Waals surface area contributed by atoms with Crippen LogP contribution in [0.1, 0.15) is 30.8 Å². The zero-order valence-corrected chi connectivity index (χ0v) is 14.1. The Morgan fingerprint density at radius 1 is 1.05 bits per heavy atom. The summed E-state index contributed by atoms with van der Waals surface area (Å²) in [6, 6.07) is 0.524. The third-order valence-corrected chi connectivity index (χ3v) is 4.12. The lowest BCUT2D eigenvalue weighted by Gasteiger charge is -2.32. The molecule has 1 aromatic rings. The number of rotatable bonds is 5. The summed E-state index contributed by atoms with van der Waals surface area (Å²) in [6.07, 6.45) is 0.999. The standard InChI is InChI=1S/C16H29N5/c1-12(2)17-7-6-15-13(3)18-16(19-14(15)4)21-10-8-20(5)9-11-21/h12,17H,6-11H2,1-5H3. The van der Waals surface area contributed by atoms with Gasteiger partial charge in [0.2, 0.25) is 5.95 Å². The molecule has 1 aliphatic heterocycles. The predicted octanol–water partition coefficient (Wildman–Crippen LogP) is 1.39. The van der Waals surface area contributed by atoms with E-state index in [4.69, 9.17) is 9.97 Å². The van der Waals surface area contributed by atoms with E-state index in [1.165, 1.54) is 5.56 Å². The van der Waals surface area contributed by atoms with Crippen LogP contribution < -0.4 is 10.2 Å². The van der Waals surface area contributed by atoms with Gasteiger partial charge in [0.15, 0.2) is 0 Å². The van der Waals surface area contributed by atoms with Crippen LogP contribution in [-0.2, 0) is 6.42 Å². The molecule has 2 rings (SSSR count). The Kier molecular flexibility index (Phi) is 5.53. The van der Waals surface area contributed by atoms with E-state index in [9.17, 15) is 0 Å². The Hall–Kier alpha value is -1.20. The number of likely N-dealkylation sites (N-methyl/N-ethyl adjacent to an activating group) is 1. The van der Waals surface area contributed by atoms with Crippen molar-refractivity contribution in [2.45, 2.75) is 40.2 Å². The highest BCUT2D eigenvalue weighted by Crippen LogP contribution is 2.17. The Balaban J connectivity index is 2.06. The van der Waals surface area contributed by atoms with Crippen LogP contribution in [0.15, 0.2) is 0 Å². The maximum Gasteiger partial charge on any atom is 0.225 e. The molecule has 0 spiro atoms. The van der Waals surface area contributed by atoms with E-state index in [1.807, 2.05) is 0 Å². The fraction of sp³-hybridized carbons (Fsp3) is 0.750. The number of hydrogen-bond donors (Lipinski definition) is 1. The number of anilines is 1. The van der Waals surface area contributed by atoms with Crippen LogP contribution in [0.4, 0.5) is 5.95 Å². The molecular formula is C16H29N5. The third-order valence-electron chi connectivity index (χ3n) is 4.12. The first-order valence-corrected chi connectivity index (χ1v) is 7.98. The number of aromatic nitrogens is 2. The maximum atomic E-state index is 4.75. The van der Waals surface area contributed by atoms with Crippen molar-refractivity contribution in [1.82, 2.24) is 20.2 Å². The SMILES string of the molecule is Cc1nc(N2CCN(C)CC2)nc(C)c1CCNC(C)C. The van der Waals surface area contributed by atoms with Crippen LogP contribution >= 0.6 is 0 Å². The minimum atomic E-state index is 0.524. The molecule has 5 heteroatoms. The van der Waals surface area contributed by atoms with Crippen LogP contribution in [0.2, 0.25) is 0 Å². The van der Waals surface area contributed by atoms with E-state index in [0.717, 1.165) is 56.5 Å². The van der Waals surface area contributed by atoms with E-state index < -0.39 is 0 Å². The van der Waals surface area contributed by atoms with Crippen LogP contribution in [0.5, 0.6) is 0 Å². The highest BCUT2D eigenvalue weighted by atomic mass is 15.3. The molecule has 1 aromatic heterocycles. The number of piperazine rings is 1. The molecule has 21 heavy (non-hydrogen) atoms. The lowest BCUT2D eigenvalue weighted by atomic mass is 10.1. The maximum absolute atomic E-state index is 4.75. The van der Waals surface area contributed by atoms with Crippen molar-refractivity contribution < 1.29 is 0 Å². The molecule has 1 saturated heterocycles. The molecule has 0 saturated carbocycles. The molecule has 2 heterocycles. The minimum Gasteiger partial charge on any atom is -0.338 e. The van der Waals surface area contributed by atoms with Gasteiger partial charge in [-0.2, -0.15) is 0 Å². The summed E-state index contributed by atoms with van der Waals surface area (Å²) in [7, 11) is 2.17. The van der Waals surface area contributed by atoms with Crippen LogP contribution in [-0.4, -0.2) is 60.7 Å². The van der Waals surface area contributed by atoms with E-state index in [0.29, 0.717) is 6.04 Å². The van der Waals surface area contributed by atoms with Gasteiger partial charge in [-0.3, -0.25) is 0 Å². The third kappa shape index (κ3) is 4.38. The second-order valence-electron chi connectivity index (χ2n) is 6.32. The Morgan fingerprint density at radius 2 is 1.62 bits per heavy atom. The summed E-state index contributed by atoms with van der Waals surface area (Å²) in [6.45, 7) is 13.8. The van der Waals surface area contributed by atoms with Crippen molar-refractivity contribution in [1.29, 1.82) is 0 Å². The zero-order chi connectivity index (χ0) is 15.4. The smallest absolute Gasteiger partial charge is 0.225 e. The highest BCUT2D eigenvalue weighted by Gasteiger charge is 2.18. The van der Waals surface area contributed by atoms with Gasteiger partial charge >= 0.3 is 0 Å². The number of nitrogens with zero attached hydrogens (tertiary/aromatic N) is 4. The van der Waals surface area contributed by atoms with Gasteiger partial charge in [0.25, 0.3) is 0 Å². The van der Waals surface area contributed by atoms with Crippen molar-refractivity contribution in [2.24, 2.45) is 0 Å². The minimum absolute atomic E-state index is 0.524. The van der Waals surface area contributed by atoms with Gasteiger partial charge in [-0.15, -0.1) is 0 Å². The first kappa shape index (κ1) is 16.2. The van der Waals surface area contributed by atoms with Gasteiger partial charge in [-0.05, 0) is 39.4 Å². The second kappa shape index (κ2) is 7.18. The first-order valence-electron chi connectivity index (χ1n) is 7.98. The fourth-order valence-corrected chi connectivity index (χ4v) is 2.72. The van der Waals surface area contributed by atoms with Gasteiger partial charge in [0.1, 0.15) is 0 Å². The molecule has 0 unspecified atom stereocenters. The van der Waals surface area contributed by atoms with E-state index in [2.05, 4.69) is 49.9 Å². The molecule has 5 nitrogen and oxygen atoms in total. The van der Waals surface area contributed by atoms with Gasteiger partial charge < -0.3 is 15.1 Å². The van der Waals surface area contributed by atoms with Crippen LogP contribution in [0, 0.1) is 13.8 Å². The van der Waals surface area contributed by atoms with Crippen molar-refractivity contribution in [3.05, 3.63) is 17.0 Å². The van der Waals surface area contributed by atoms with Crippen LogP contribution in [0.3, 0.4) is 0 Å². The van der Waals surface area contributed by atoms with E-state index in [1.54, 1.807) is 0 Å². The van der Waals surface area contributed by atoms with Crippen molar-refractivity contribution in [2.75, 3.05) is 44.7 Å². The molecule has 0 atom stereocenters. The molecule has 1 aliphatic rings. The lowest BCUT2D eigenvalue weighted by Crippen LogP contribution is -2.45. The molecule has 0 radical (unpaired) electrons. The first-order chi connectivity index (χ1) is 9.97. The fourth-order valence-electron chi connectivity index (χ4n) is 2.72. The van der Waals surface area contributed by atoms with Crippen molar-refractivity contribution in [3.63, 3.8) is 0 Å². The topological polar surface area (TPSA) is 44.3 Å². The number of hydrogen-bond acceptors (Lipinski definition) is 5. The summed E-state index contributed by atoms with van der Waals surface area (Å²) in [5.41, 5.74) is 3.55. The molecule has 1 N–H and O–H groups in total. The molecule has 0 aromatic carbocycles. The van der Waals surface area contributed by atoms with Gasteiger partial charge in [0, 0.05) is 43.6 Å². The Morgan fingerprint density at radius 3 is 2.14 bits per heavy atom. The predicted molar refractivity (Wildman–Crippen MR) is 88.1 cm³/mol. The molecular weight excluding hydrogens is 262 g/mol. The summed E-state index contributed by atoms with van der Waals surface area (Å²) < 4.78 is 0. The molecule has 1 fully saturated rings. The monoisotopic (exact) mass is 291 g/mol. The highest BCUT2D eigenvalue weighted by molar-refractivity contribution is 5.37. The normalized spacial score (nSPS) is 16.8. The lowest BCUT2D eigenvalue weighted by molar-refractivity contribution is 0.311. The summed E-state index contributed by atoms with van der Waals surface area (Å²) in [4.78, 5) is 14.1. The van der Waals surface area contributed by atoms with Gasteiger partial charge in [-0.1, -0.05) is 13.8 Å². The molecule has 0 bridgehead atoms. The quantitative estimate of drug-likeness (QED) is 0.888. The molecule has 118 valence electrons. The Labute approximate surface area is 128 Å². The van der Waals surface area contributed by atoms with Crippen LogP contribution in [0.25, 0.3) is 0 Å². The van der Waals surface area contributed by atoms with E-state index in [-0.39, 0.29) is 0 Å². The summed E-state index contributed by atoms with van der Waals surface area (Å²) >= 11 is 0.